The van der Waals surface area contributed by atoms with Crippen LogP contribution in [0.3, 0.4) is 0 Å². The van der Waals surface area contributed by atoms with Crippen molar-refractivity contribution in [2.24, 2.45) is 0 Å². The molecular formula is C28H30ClN3O3. The van der Waals surface area contributed by atoms with E-state index in [2.05, 4.69) is 16.3 Å². The molecule has 0 radical (unpaired) electrons. The molecule has 0 aromatic heterocycles. The standard InChI is InChI=1S/C28H30ClN3O3/c1-19-7-9-22(10-8-19)28(34)32-13-11-31(12-14-32)27-24(29)5-4-6-25(27)30-26(33)18-35-23-16-20(2)15-21(3)17-23/h4-10,15-17H,11-14,18H2,1-3H3,(H,30,33). The van der Waals surface area contributed by atoms with Crippen molar-refractivity contribution in [3.8, 4) is 5.75 Å². The van der Waals surface area contributed by atoms with Gasteiger partial charge in [-0.2, -0.15) is 0 Å². The van der Waals surface area contributed by atoms with Crippen LogP contribution in [0.1, 0.15) is 27.0 Å². The average molecular weight is 492 g/mol. The lowest BCUT2D eigenvalue weighted by molar-refractivity contribution is -0.118. The molecular weight excluding hydrogens is 462 g/mol. The fraction of sp³-hybridized carbons (Fsp3) is 0.286. The largest absolute Gasteiger partial charge is 0.484 e. The fourth-order valence-electron chi connectivity index (χ4n) is 4.30. The molecule has 1 saturated heterocycles. The Morgan fingerprint density at radius 2 is 1.54 bits per heavy atom. The quantitative estimate of drug-likeness (QED) is 0.512. The Hall–Kier alpha value is -3.51. The van der Waals surface area contributed by atoms with Gasteiger partial charge in [0.25, 0.3) is 11.8 Å². The lowest BCUT2D eigenvalue weighted by Gasteiger charge is -2.37. The number of anilines is 2. The number of nitrogens with zero attached hydrogens (tertiary/aromatic N) is 2. The molecule has 0 bridgehead atoms. The molecule has 6 nitrogen and oxygen atoms in total. The highest BCUT2D eigenvalue weighted by atomic mass is 35.5. The third kappa shape index (κ3) is 6.14. The zero-order chi connectivity index (χ0) is 24.9. The summed E-state index contributed by atoms with van der Waals surface area (Å²) < 4.78 is 5.70. The molecule has 4 rings (SSSR count). The predicted octanol–water partition coefficient (Wildman–Crippen LogP) is 5.25. The first-order valence-corrected chi connectivity index (χ1v) is 12.1. The van der Waals surface area contributed by atoms with Gasteiger partial charge in [-0.1, -0.05) is 41.4 Å². The van der Waals surface area contributed by atoms with Crippen molar-refractivity contribution in [1.29, 1.82) is 0 Å². The first kappa shape index (κ1) is 24.6. The minimum atomic E-state index is -0.263. The van der Waals surface area contributed by atoms with Gasteiger partial charge >= 0.3 is 0 Å². The highest BCUT2D eigenvalue weighted by Gasteiger charge is 2.25. The van der Waals surface area contributed by atoms with Crippen LogP contribution in [0.15, 0.2) is 60.7 Å². The van der Waals surface area contributed by atoms with E-state index in [9.17, 15) is 9.59 Å². The van der Waals surface area contributed by atoms with E-state index in [1.165, 1.54) is 0 Å². The number of benzene rings is 3. The summed E-state index contributed by atoms with van der Waals surface area (Å²) in [6.07, 6.45) is 0. The van der Waals surface area contributed by atoms with Crippen molar-refractivity contribution in [2.75, 3.05) is 43.0 Å². The minimum Gasteiger partial charge on any atom is -0.484 e. The van der Waals surface area contributed by atoms with E-state index in [4.69, 9.17) is 16.3 Å². The van der Waals surface area contributed by atoms with Crippen molar-refractivity contribution >= 4 is 34.8 Å². The lowest BCUT2D eigenvalue weighted by Crippen LogP contribution is -2.49. The van der Waals surface area contributed by atoms with Crippen LogP contribution in [-0.4, -0.2) is 49.5 Å². The summed E-state index contributed by atoms with van der Waals surface area (Å²) >= 11 is 6.56. The molecule has 0 saturated carbocycles. The summed E-state index contributed by atoms with van der Waals surface area (Å²) in [5.41, 5.74) is 5.37. The third-order valence-electron chi connectivity index (χ3n) is 6.01. The summed E-state index contributed by atoms with van der Waals surface area (Å²) in [7, 11) is 0. The van der Waals surface area contributed by atoms with E-state index in [0.29, 0.717) is 48.2 Å². The van der Waals surface area contributed by atoms with Crippen LogP contribution in [0.5, 0.6) is 5.75 Å². The molecule has 0 atom stereocenters. The Kier molecular flexibility index (Phi) is 7.61. The average Bonchev–Trinajstić information content (AvgIpc) is 2.83. The summed E-state index contributed by atoms with van der Waals surface area (Å²) in [4.78, 5) is 29.5. The Labute approximate surface area is 211 Å². The van der Waals surface area contributed by atoms with Gasteiger partial charge in [0, 0.05) is 31.7 Å². The molecule has 3 aromatic carbocycles. The first-order chi connectivity index (χ1) is 16.8. The number of halogens is 1. The van der Waals surface area contributed by atoms with Gasteiger partial charge in [0.1, 0.15) is 5.75 Å². The molecule has 3 aromatic rings. The Bertz CT molecular complexity index is 1200. The van der Waals surface area contributed by atoms with Gasteiger partial charge in [-0.3, -0.25) is 9.59 Å². The normalized spacial score (nSPS) is 13.5. The van der Waals surface area contributed by atoms with Crippen LogP contribution < -0.4 is 15.0 Å². The maximum absolute atomic E-state index is 12.9. The maximum atomic E-state index is 12.9. The van der Waals surface area contributed by atoms with Gasteiger partial charge in [0.15, 0.2) is 6.61 Å². The maximum Gasteiger partial charge on any atom is 0.262 e. The van der Waals surface area contributed by atoms with Crippen LogP contribution in [-0.2, 0) is 4.79 Å². The number of ether oxygens (including phenoxy) is 1. The highest BCUT2D eigenvalue weighted by molar-refractivity contribution is 6.34. The van der Waals surface area contributed by atoms with Gasteiger partial charge in [-0.15, -0.1) is 0 Å². The molecule has 35 heavy (non-hydrogen) atoms. The van der Waals surface area contributed by atoms with E-state index in [-0.39, 0.29) is 18.4 Å². The molecule has 1 heterocycles. The number of rotatable bonds is 6. The van der Waals surface area contributed by atoms with Crippen molar-refractivity contribution in [1.82, 2.24) is 4.90 Å². The number of carbonyl (C=O) groups is 2. The number of hydrogen-bond acceptors (Lipinski definition) is 4. The lowest BCUT2D eigenvalue weighted by atomic mass is 10.1. The molecule has 182 valence electrons. The number of amides is 2. The zero-order valence-electron chi connectivity index (χ0n) is 20.3. The molecule has 0 spiro atoms. The second-order valence-corrected chi connectivity index (χ2v) is 9.35. The molecule has 2 amide bonds. The molecule has 1 aliphatic rings. The van der Waals surface area contributed by atoms with Gasteiger partial charge in [0.2, 0.25) is 0 Å². The summed E-state index contributed by atoms with van der Waals surface area (Å²) in [5, 5.41) is 3.49. The SMILES string of the molecule is Cc1ccc(C(=O)N2CCN(c3c(Cl)cccc3NC(=O)COc3cc(C)cc(C)c3)CC2)cc1. The summed E-state index contributed by atoms with van der Waals surface area (Å²) in [5.74, 6) is 0.431. The Morgan fingerprint density at radius 3 is 2.20 bits per heavy atom. The smallest absolute Gasteiger partial charge is 0.262 e. The van der Waals surface area contributed by atoms with E-state index < -0.39 is 0 Å². The fourth-order valence-corrected chi connectivity index (χ4v) is 4.59. The number of carbonyl (C=O) groups excluding carboxylic acids is 2. The Balaban J connectivity index is 1.39. The van der Waals surface area contributed by atoms with Gasteiger partial charge in [-0.05, 0) is 68.3 Å². The van der Waals surface area contributed by atoms with E-state index in [1.54, 1.807) is 0 Å². The van der Waals surface area contributed by atoms with Crippen molar-refractivity contribution < 1.29 is 14.3 Å². The van der Waals surface area contributed by atoms with Gasteiger partial charge in [-0.25, -0.2) is 0 Å². The van der Waals surface area contributed by atoms with Gasteiger partial charge in [0.05, 0.1) is 16.4 Å². The second kappa shape index (κ2) is 10.8. The minimum absolute atomic E-state index is 0.0286. The van der Waals surface area contributed by atoms with Crippen molar-refractivity contribution in [2.45, 2.75) is 20.8 Å². The van der Waals surface area contributed by atoms with E-state index >= 15 is 0 Å². The number of nitrogens with one attached hydrogen (secondary N) is 1. The topological polar surface area (TPSA) is 61.9 Å². The van der Waals surface area contributed by atoms with Crippen LogP contribution in [0.2, 0.25) is 5.02 Å². The molecule has 0 aliphatic carbocycles. The second-order valence-electron chi connectivity index (χ2n) is 8.94. The molecule has 0 unspecified atom stereocenters. The number of piperazine rings is 1. The third-order valence-corrected chi connectivity index (χ3v) is 6.31. The van der Waals surface area contributed by atoms with E-state index in [1.807, 2.05) is 80.3 Å². The predicted molar refractivity (Wildman–Crippen MR) is 141 cm³/mol. The number of aryl methyl sites for hydroxylation is 3. The molecule has 7 heteroatoms. The number of para-hydroxylation sites is 1. The van der Waals surface area contributed by atoms with Crippen molar-refractivity contribution in [3.63, 3.8) is 0 Å². The van der Waals surface area contributed by atoms with Crippen LogP contribution >= 0.6 is 11.6 Å². The van der Waals surface area contributed by atoms with E-state index in [0.717, 1.165) is 22.4 Å². The Morgan fingerprint density at radius 1 is 0.886 bits per heavy atom. The van der Waals surface area contributed by atoms with Crippen molar-refractivity contribution in [3.05, 3.63) is 87.9 Å². The molecule has 1 fully saturated rings. The summed E-state index contributed by atoms with van der Waals surface area (Å²) in [6.45, 7) is 8.25. The van der Waals surface area contributed by atoms with Crippen LogP contribution in [0.4, 0.5) is 11.4 Å². The summed E-state index contributed by atoms with van der Waals surface area (Å²) in [6, 6.07) is 18.9. The highest BCUT2D eigenvalue weighted by Crippen LogP contribution is 2.34. The monoisotopic (exact) mass is 491 g/mol. The number of hydrogen-bond donors (Lipinski definition) is 1. The zero-order valence-corrected chi connectivity index (χ0v) is 21.1. The van der Waals surface area contributed by atoms with Crippen LogP contribution in [0, 0.1) is 20.8 Å². The van der Waals surface area contributed by atoms with Gasteiger partial charge < -0.3 is 19.9 Å². The molecule has 1 aliphatic heterocycles. The van der Waals surface area contributed by atoms with Crippen LogP contribution in [0.25, 0.3) is 0 Å². The first-order valence-electron chi connectivity index (χ1n) is 11.7. The molecule has 1 N–H and O–H groups in total.